The second-order valence-corrected chi connectivity index (χ2v) is 11.7. The lowest BCUT2D eigenvalue weighted by molar-refractivity contribution is -0.132. The van der Waals surface area contributed by atoms with E-state index in [2.05, 4.69) is 39.1 Å². The molecule has 0 aliphatic heterocycles. The summed E-state index contributed by atoms with van der Waals surface area (Å²) < 4.78 is 30.8. The van der Waals surface area contributed by atoms with Gasteiger partial charge in [0.05, 0.1) is 11.4 Å². The molecule has 0 aromatic heterocycles. The predicted molar refractivity (Wildman–Crippen MR) is 118 cm³/mol. The third-order valence-electron chi connectivity index (χ3n) is 7.54. The van der Waals surface area contributed by atoms with Gasteiger partial charge in [0.15, 0.2) is 0 Å². The van der Waals surface area contributed by atoms with E-state index in [1.165, 1.54) is 5.57 Å². The SMILES string of the molecule is CC1=CCCC2C(C)CC(C)(CC3=C(O)C(NCCS(=O)(=O)O)=CC(=O)C3=O)CC12C. The van der Waals surface area contributed by atoms with Gasteiger partial charge in [-0.1, -0.05) is 32.4 Å². The second kappa shape index (κ2) is 8.20. The van der Waals surface area contributed by atoms with E-state index in [1.54, 1.807) is 0 Å². The molecule has 4 atom stereocenters. The van der Waals surface area contributed by atoms with Crippen LogP contribution >= 0.6 is 0 Å². The summed E-state index contributed by atoms with van der Waals surface area (Å²) in [5.41, 5.74) is 1.23. The van der Waals surface area contributed by atoms with Crippen LogP contribution in [0.5, 0.6) is 0 Å². The Kier molecular flexibility index (Phi) is 6.28. The summed E-state index contributed by atoms with van der Waals surface area (Å²) in [6.07, 6.45) is 7.58. The van der Waals surface area contributed by atoms with Crippen LogP contribution in [0.3, 0.4) is 0 Å². The van der Waals surface area contributed by atoms with E-state index in [4.69, 9.17) is 4.55 Å². The maximum absolute atomic E-state index is 12.7. The standard InChI is InChI=1S/C23H33NO6S/c1-14-11-22(3,13-23(4)15(2)6-5-7-17(14)23)12-16-20(26)18(10-19(25)21(16)27)24-8-9-31(28,29)30/h6,10,14,17,24,26H,5,7-9,11-13H2,1-4H3,(H,28,29,30). The molecule has 31 heavy (non-hydrogen) atoms. The monoisotopic (exact) mass is 451 g/mol. The highest BCUT2D eigenvalue weighted by molar-refractivity contribution is 7.85. The van der Waals surface area contributed by atoms with Crippen LogP contribution in [0.15, 0.2) is 34.8 Å². The van der Waals surface area contributed by atoms with Gasteiger partial charge in [-0.05, 0) is 61.7 Å². The maximum Gasteiger partial charge on any atom is 0.266 e. The predicted octanol–water partition coefficient (Wildman–Crippen LogP) is 3.50. The number of hydrogen-bond acceptors (Lipinski definition) is 6. The molecule has 0 amide bonds. The largest absolute Gasteiger partial charge is 0.505 e. The number of fused-ring (bicyclic) bond motifs is 1. The first kappa shape index (κ1) is 23.7. The zero-order valence-corrected chi connectivity index (χ0v) is 19.5. The van der Waals surface area contributed by atoms with Crippen molar-refractivity contribution in [2.45, 2.75) is 59.8 Å². The summed E-state index contributed by atoms with van der Waals surface area (Å²) in [5, 5.41) is 13.4. The van der Waals surface area contributed by atoms with Crippen molar-refractivity contribution in [3.8, 4) is 0 Å². The van der Waals surface area contributed by atoms with Gasteiger partial charge in [0, 0.05) is 18.2 Å². The summed E-state index contributed by atoms with van der Waals surface area (Å²) in [4.78, 5) is 24.9. The molecule has 3 aliphatic carbocycles. The van der Waals surface area contributed by atoms with Crippen LogP contribution in [-0.2, 0) is 19.7 Å². The van der Waals surface area contributed by atoms with Crippen molar-refractivity contribution < 1.29 is 27.7 Å². The molecule has 8 heteroatoms. The molecule has 3 N–H and O–H groups in total. The van der Waals surface area contributed by atoms with Crippen LogP contribution in [0.2, 0.25) is 0 Å². The second-order valence-electron chi connectivity index (χ2n) is 10.1. The topological polar surface area (TPSA) is 121 Å². The van der Waals surface area contributed by atoms with E-state index in [0.717, 1.165) is 31.8 Å². The zero-order valence-electron chi connectivity index (χ0n) is 18.7. The lowest BCUT2D eigenvalue weighted by atomic mass is 9.49. The van der Waals surface area contributed by atoms with Crippen LogP contribution < -0.4 is 5.32 Å². The molecule has 0 saturated heterocycles. The number of carbonyl (C=O) groups excluding carboxylic acids is 2. The first-order valence-electron chi connectivity index (χ1n) is 10.8. The Balaban J connectivity index is 1.86. The zero-order chi connectivity index (χ0) is 23.2. The van der Waals surface area contributed by atoms with Gasteiger partial charge >= 0.3 is 0 Å². The molecule has 1 saturated carbocycles. The van der Waals surface area contributed by atoms with Crippen LogP contribution in [0.25, 0.3) is 0 Å². The molecule has 0 radical (unpaired) electrons. The molecule has 0 aromatic carbocycles. The Labute approximate surface area is 184 Å². The fraction of sp³-hybridized carbons (Fsp3) is 0.652. The van der Waals surface area contributed by atoms with E-state index in [9.17, 15) is 23.1 Å². The van der Waals surface area contributed by atoms with Gasteiger partial charge in [0.2, 0.25) is 11.6 Å². The number of hydrogen-bond donors (Lipinski definition) is 3. The normalized spacial score (nSPS) is 34.2. The molecular weight excluding hydrogens is 418 g/mol. The lowest BCUT2D eigenvalue weighted by Crippen LogP contribution is -2.46. The van der Waals surface area contributed by atoms with Crippen LogP contribution in [-0.4, -0.2) is 41.9 Å². The van der Waals surface area contributed by atoms with Crippen LogP contribution in [0, 0.1) is 22.7 Å². The molecule has 0 heterocycles. The van der Waals surface area contributed by atoms with Crippen LogP contribution in [0.1, 0.15) is 59.8 Å². The van der Waals surface area contributed by atoms with E-state index in [1.807, 2.05) is 0 Å². The van der Waals surface area contributed by atoms with Gasteiger partial charge in [-0.25, -0.2) is 0 Å². The quantitative estimate of drug-likeness (QED) is 0.245. The highest BCUT2D eigenvalue weighted by Crippen LogP contribution is 2.60. The van der Waals surface area contributed by atoms with E-state index in [-0.39, 0.29) is 40.8 Å². The maximum atomic E-state index is 12.7. The molecule has 3 aliphatic rings. The minimum absolute atomic E-state index is 0.0218. The average Bonchev–Trinajstić information content (AvgIpc) is 2.63. The highest BCUT2D eigenvalue weighted by atomic mass is 32.2. The number of carbonyl (C=O) groups is 2. The fourth-order valence-electron chi connectivity index (χ4n) is 6.24. The van der Waals surface area contributed by atoms with E-state index >= 15 is 0 Å². The number of ketones is 2. The van der Waals surface area contributed by atoms with Crippen molar-refractivity contribution in [2.24, 2.45) is 22.7 Å². The minimum Gasteiger partial charge on any atom is -0.505 e. The number of allylic oxidation sites excluding steroid dienone is 4. The first-order valence-corrected chi connectivity index (χ1v) is 12.5. The number of aliphatic hydroxyl groups is 1. The van der Waals surface area contributed by atoms with Gasteiger partial charge in [-0.3, -0.25) is 14.1 Å². The molecule has 0 bridgehead atoms. The summed E-state index contributed by atoms with van der Waals surface area (Å²) in [5.74, 6) is -1.31. The molecular formula is C23H33NO6S. The van der Waals surface area contributed by atoms with Crippen molar-refractivity contribution in [2.75, 3.05) is 12.3 Å². The number of nitrogens with one attached hydrogen (secondary N) is 1. The first-order chi connectivity index (χ1) is 14.3. The van der Waals surface area contributed by atoms with Gasteiger partial charge in [0.25, 0.3) is 10.1 Å². The van der Waals surface area contributed by atoms with E-state index < -0.39 is 27.4 Å². The van der Waals surface area contributed by atoms with Crippen molar-refractivity contribution in [1.82, 2.24) is 5.32 Å². The van der Waals surface area contributed by atoms with Crippen molar-refractivity contribution >= 4 is 21.7 Å². The lowest BCUT2D eigenvalue weighted by Gasteiger charge is -2.55. The van der Waals surface area contributed by atoms with Gasteiger partial charge in [-0.2, -0.15) is 8.42 Å². The molecule has 4 unspecified atom stereocenters. The van der Waals surface area contributed by atoms with E-state index in [0.29, 0.717) is 11.8 Å². The number of aliphatic hydroxyl groups excluding tert-OH is 1. The summed E-state index contributed by atoms with van der Waals surface area (Å²) in [7, 11) is -4.19. The van der Waals surface area contributed by atoms with Gasteiger partial charge in [-0.15, -0.1) is 0 Å². The van der Waals surface area contributed by atoms with Gasteiger partial charge < -0.3 is 10.4 Å². The highest BCUT2D eigenvalue weighted by Gasteiger charge is 2.51. The third-order valence-corrected chi connectivity index (χ3v) is 8.26. The molecule has 3 rings (SSSR count). The van der Waals surface area contributed by atoms with Crippen LogP contribution in [0.4, 0.5) is 0 Å². The Bertz CT molecular complexity index is 992. The molecule has 0 spiro atoms. The molecule has 172 valence electrons. The summed E-state index contributed by atoms with van der Waals surface area (Å²) in [6, 6.07) is 0. The van der Waals surface area contributed by atoms with Gasteiger partial charge in [0.1, 0.15) is 5.76 Å². The average molecular weight is 452 g/mol. The molecule has 0 aromatic rings. The molecule has 1 fully saturated rings. The third kappa shape index (κ3) is 4.80. The summed E-state index contributed by atoms with van der Waals surface area (Å²) >= 11 is 0. The van der Waals surface area contributed by atoms with Crippen molar-refractivity contribution in [1.29, 1.82) is 0 Å². The Hall–Kier alpha value is -1.93. The Morgan fingerprint density at radius 2 is 1.94 bits per heavy atom. The van der Waals surface area contributed by atoms with Crippen molar-refractivity contribution in [3.63, 3.8) is 0 Å². The minimum atomic E-state index is -4.19. The number of rotatable bonds is 6. The smallest absolute Gasteiger partial charge is 0.266 e. The van der Waals surface area contributed by atoms with Crippen molar-refractivity contribution in [3.05, 3.63) is 34.8 Å². The summed E-state index contributed by atoms with van der Waals surface area (Å²) in [6.45, 7) is 8.65. The molecule has 7 nitrogen and oxygen atoms in total. The Morgan fingerprint density at radius 3 is 2.58 bits per heavy atom. The Morgan fingerprint density at radius 1 is 1.26 bits per heavy atom. The number of Topliss-reactive ketones (excluding diaryl/α,β-unsaturated/α-hetero) is 1. The fourth-order valence-corrected chi connectivity index (χ4v) is 6.60.